The van der Waals surface area contributed by atoms with E-state index in [1.807, 2.05) is 19.1 Å². The second-order valence-corrected chi connectivity index (χ2v) is 6.68. The molecule has 1 aliphatic rings. The zero-order valence-electron chi connectivity index (χ0n) is 15.7. The quantitative estimate of drug-likeness (QED) is 0.409. The number of fused-ring (bicyclic) bond motifs is 1. The minimum absolute atomic E-state index is 0.438. The first-order valence-electron chi connectivity index (χ1n) is 8.95. The Balaban J connectivity index is 0.000000236. The molecule has 0 radical (unpaired) electrons. The van der Waals surface area contributed by atoms with Crippen LogP contribution in [0, 0.1) is 31.1 Å². The molecule has 2 aromatic heterocycles. The van der Waals surface area contributed by atoms with Crippen LogP contribution < -0.4 is 11.5 Å². The number of nitrogens with zero attached hydrogens (tertiary/aromatic N) is 4. The van der Waals surface area contributed by atoms with Gasteiger partial charge in [-0.1, -0.05) is 17.8 Å². The van der Waals surface area contributed by atoms with Gasteiger partial charge in [-0.25, -0.2) is 4.98 Å². The molecular weight excluding hydrogens is 352 g/mol. The number of terminal acetylenes is 1. The smallest absolute Gasteiger partial charge is 0.254 e. The van der Waals surface area contributed by atoms with Crippen LogP contribution in [0.25, 0.3) is 5.78 Å². The third-order valence-corrected chi connectivity index (χ3v) is 4.59. The molecule has 0 spiro atoms. The first-order valence-corrected chi connectivity index (χ1v) is 8.95. The number of aromatic nitrogens is 4. The predicted molar refractivity (Wildman–Crippen MR) is 109 cm³/mol. The lowest BCUT2D eigenvalue weighted by atomic mass is 10.1. The van der Waals surface area contributed by atoms with Crippen molar-refractivity contribution in [2.24, 2.45) is 0 Å². The summed E-state index contributed by atoms with van der Waals surface area (Å²) < 4.78 is 1.47. The van der Waals surface area contributed by atoms with Crippen molar-refractivity contribution in [2.75, 3.05) is 11.5 Å². The summed E-state index contributed by atoms with van der Waals surface area (Å²) in [6.45, 7) is 1.85. The van der Waals surface area contributed by atoms with E-state index in [1.165, 1.54) is 10.8 Å². The monoisotopic (exact) mass is 374 g/mol. The summed E-state index contributed by atoms with van der Waals surface area (Å²) in [4.78, 5) is 8.32. The molecule has 1 saturated carbocycles. The molecule has 5 N–H and O–H groups in total. The molecule has 142 valence electrons. The second-order valence-electron chi connectivity index (χ2n) is 6.68. The number of hydrogen-bond donors (Lipinski definition) is 3. The standard InChI is InChI=1S/C14H12N6.C7H10O/c1-9-12(7-4-10-2-5-11(15)6-3-10)13(16)20-14(19-9)17-8-18-20;1-2-7(8)5-3-4-6-7/h2-3,5-6,8H,15-16H2,1H3;1,8H,3-6H2. The predicted octanol–water partition coefficient (Wildman–Crippen LogP) is 1.92. The number of aliphatic hydroxyl groups is 1. The van der Waals surface area contributed by atoms with Gasteiger partial charge in [-0.15, -0.1) is 6.42 Å². The molecule has 1 fully saturated rings. The number of anilines is 2. The normalized spacial score (nSPS) is 14.5. The maximum atomic E-state index is 9.26. The van der Waals surface area contributed by atoms with E-state index >= 15 is 0 Å². The summed E-state index contributed by atoms with van der Waals surface area (Å²) >= 11 is 0. The van der Waals surface area contributed by atoms with Crippen LogP contribution >= 0.6 is 0 Å². The summed E-state index contributed by atoms with van der Waals surface area (Å²) in [5.74, 6) is 9.38. The summed E-state index contributed by atoms with van der Waals surface area (Å²) in [5.41, 5.74) is 13.9. The highest BCUT2D eigenvalue weighted by Gasteiger charge is 2.27. The first-order chi connectivity index (χ1) is 13.4. The topological polar surface area (TPSA) is 115 Å². The van der Waals surface area contributed by atoms with Gasteiger partial charge in [0.1, 0.15) is 17.7 Å². The lowest BCUT2D eigenvalue weighted by molar-refractivity contribution is 0.110. The molecule has 0 atom stereocenters. The minimum Gasteiger partial charge on any atom is -0.399 e. The van der Waals surface area contributed by atoms with Crippen LogP contribution in [-0.2, 0) is 0 Å². The molecule has 0 bridgehead atoms. The van der Waals surface area contributed by atoms with Crippen LogP contribution in [-0.4, -0.2) is 30.3 Å². The average molecular weight is 374 g/mol. The molecule has 0 aliphatic heterocycles. The van der Waals surface area contributed by atoms with Gasteiger partial charge in [-0.3, -0.25) is 0 Å². The number of benzene rings is 1. The van der Waals surface area contributed by atoms with Crippen LogP contribution in [0.1, 0.15) is 42.5 Å². The van der Waals surface area contributed by atoms with Crippen LogP contribution in [0.3, 0.4) is 0 Å². The number of nitrogens with two attached hydrogens (primary N) is 2. The molecule has 7 nitrogen and oxygen atoms in total. The lowest BCUT2D eigenvalue weighted by Crippen LogP contribution is -2.20. The van der Waals surface area contributed by atoms with E-state index in [0.717, 1.165) is 36.9 Å². The van der Waals surface area contributed by atoms with Gasteiger partial charge in [-0.2, -0.15) is 14.6 Å². The molecule has 1 aliphatic carbocycles. The summed E-state index contributed by atoms with van der Waals surface area (Å²) in [7, 11) is 0. The van der Waals surface area contributed by atoms with E-state index in [4.69, 9.17) is 17.9 Å². The minimum atomic E-state index is -0.736. The van der Waals surface area contributed by atoms with Gasteiger partial charge in [0.15, 0.2) is 0 Å². The van der Waals surface area contributed by atoms with Gasteiger partial charge in [0.2, 0.25) is 0 Å². The van der Waals surface area contributed by atoms with Crippen LogP contribution in [0.5, 0.6) is 0 Å². The van der Waals surface area contributed by atoms with Crippen molar-refractivity contribution in [3.63, 3.8) is 0 Å². The molecule has 0 saturated heterocycles. The Morgan fingerprint density at radius 2 is 1.82 bits per heavy atom. The Labute approximate surface area is 163 Å². The molecule has 7 heteroatoms. The molecule has 28 heavy (non-hydrogen) atoms. The third kappa shape index (κ3) is 4.22. The van der Waals surface area contributed by atoms with Gasteiger partial charge < -0.3 is 16.6 Å². The molecule has 1 aromatic carbocycles. The Hall–Kier alpha value is -3.55. The Bertz CT molecular complexity index is 1080. The summed E-state index contributed by atoms with van der Waals surface area (Å²) in [6.07, 6.45) is 10.2. The first kappa shape index (κ1) is 19.2. The highest BCUT2D eigenvalue weighted by molar-refractivity contribution is 5.59. The zero-order valence-corrected chi connectivity index (χ0v) is 15.7. The van der Waals surface area contributed by atoms with Gasteiger partial charge in [0.05, 0.1) is 11.3 Å². The van der Waals surface area contributed by atoms with Crippen molar-refractivity contribution in [1.29, 1.82) is 0 Å². The van der Waals surface area contributed by atoms with E-state index < -0.39 is 5.60 Å². The van der Waals surface area contributed by atoms with Gasteiger partial charge in [0, 0.05) is 11.3 Å². The maximum absolute atomic E-state index is 9.26. The van der Waals surface area contributed by atoms with E-state index in [1.54, 1.807) is 12.1 Å². The van der Waals surface area contributed by atoms with Gasteiger partial charge in [0.25, 0.3) is 5.78 Å². The fourth-order valence-electron chi connectivity index (χ4n) is 2.94. The molecule has 2 heterocycles. The van der Waals surface area contributed by atoms with Crippen LogP contribution in [0.15, 0.2) is 30.6 Å². The van der Waals surface area contributed by atoms with E-state index in [9.17, 15) is 5.11 Å². The van der Waals surface area contributed by atoms with Crippen molar-refractivity contribution in [1.82, 2.24) is 19.6 Å². The molecular formula is C21H22N6O. The lowest BCUT2D eigenvalue weighted by Gasteiger charge is -2.11. The van der Waals surface area contributed by atoms with E-state index in [-0.39, 0.29) is 0 Å². The SMILES string of the molecule is C#CC1(O)CCCC1.Cc1nc2ncnn2c(N)c1C#Cc1ccc(N)cc1. The number of nitrogen functional groups attached to an aromatic ring is 2. The Kier molecular flexibility index (Phi) is 5.49. The highest BCUT2D eigenvalue weighted by Crippen LogP contribution is 2.28. The van der Waals surface area contributed by atoms with Crippen molar-refractivity contribution >= 4 is 17.3 Å². The Morgan fingerprint density at radius 1 is 1.14 bits per heavy atom. The van der Waals surface area contributed by atoms with Crippen molar-refractivity contribution in [2.45, 2.75) is 38.2 Å². The molecule has 0 unspecified atom stereocenters. The van der Waals surface area contributed by atoms with Crippen molar-refractivity contribution in [3.05, 3.63) is 47.4 Å². The van der Waals surface area contributed by atoms with Gasteiger partial charge in [-0.05, 0) is 56.9 Å². The number of rotatable bonds is 0. The van der Waals surface area contributed by atoms with Crippen molar-refractivity contribution in [3.8, 4) is 24.2 Å². The summed E-state index contributed by atoms with van der Waals surface area (Å²) in [5, 5.41) is 13.3. The largest absolute Gasteiger partial charge is 0.399 e. The zero-order chi connectivity index (χ0) is 20.1. The molecule has 3 aromatic rings. The van der Waals surface area contributed by atoms with E-state index in [0.29, 0.717) is 22.8 Å². The van der Waals surface area contributed by atoms with E-state index in [2.05, 4.69) is 32.8 Å². The average Bonchev–Trinajstić information content (AvgIpc) is 3.33. The fourth-order valence-corrected chi connectivity index (χ4v) is 2.94. The fraction of sp³-hybridized carbons (Fsp3) is 0.286. The maximum Gasteiger partial charge on any atom is 0.254 e. The van der Waals surface area contributed by atoms with Crippen LogP contribution in [0.2, 0.25) is 0 Å². The molecule has 0 amide bonds. The number of aryl methyl sites for hydroxylation is 1. The Morgan fingerprint density at radius 3 is 2.43 bits per heavy atom. The van der Waals surface area contributed by atoms with Crippen LogP contribution in [0.4, 0.5) is 11.5 Å². The van der Waals surface area contributed by atoms with Gasteiger partial charge >= 0.3 is 0 Å². The number of hydrogen-bond acceptors (Lipinski definition) is 6. The highest BCUT2D eigenvalue weighted by atomic mass is 16.3. The third-order valence-electron chi connectivity index (χ3n) is 4.59. The van der Waals surface area contributed by atoms with Crippen molar-refractivity contribution < 1.29 is 5.11 Å². The second kappa shape index (κ2) is 7.99. The summed E-state index contributed by atoms with van der Waals surface area (Å²) in [6, 6.07) is 7.32. The molecule has 4 rings (SSSR count).